The maximum absolute atomic E-state index is 13.9. The number of methoxy groups -OCH3 is 1. The van der Waals surface area contributed by atoms with E-state index >= 15 is 0 Å². The van der Waals surface area contributed by atoms with Crippen molar-refractivity contribution < 1.29 is 51.6 Å². The van der Waals surface area contributed by atoms with Gasteiger partial charge in [0.2, 0.25) is 0 Å². The van der Waals surface area contributed by atoms with Gasteiger partial charge in [-0.05, 0) is 24.1 Å². The minimum Gasteiger partial charge on any atom is -0.463 e. The molecule has 0 aliphatic carbocycles. The third kappa shape index (κ3) is 7.14. The highest BCUT2D eigenvalue weighted by atomic mass is 32.2. The van der Waals surface area contributed by atoms with Crippen LogP contribution in [0.2, 0.25) is 0 Å². The lowest BCUT2D eigenvalue weighted by Crippen LogP contribution is -2.58. The summed E-state index contributed by atoms with van der Waals surface area (Å²) in [6.07, 6.45) is -1.85. The van der Waals surface area contributed by atoms with Crippen LogP contribution < -0.4 is 0 Å². The molecule has 7 atom stereocenters. The Hall–Kier alpha value is -3.41. The molecule has 2 fully saturated rings. The first kappa shape index (κ1) is 31.5. The minimum absolute atomic E-state index is 0.0137. The zero-order chi connectivity index (χ0) is 30.6. The van der Waals surface area contributed by atoms with E-state index in [1.54, 1.807) is 0 Å². The van der Waals surface area contributed by atoms with Crippen LogP contribution in [0.4, 0.5) is 13.2 Å². The van der Waals surface area contributed by atoms with Crippen LogP contribution in [0.15, 0.2) is 23.4 Å². The van der Waals surface area contributed by atoms with E-state index in [4.69, 9.17) is 29.2 Å². The molecule has 1 N–H and O–H groups in total. The minimum atomic E-state index is -1.79. The molecule has 18 heteroatoms. The maximum atomic E-state index is 13.9. The van der Waals surface area contributed by atoms with E-state index in [-0.39, 0.29) is 37.5 Å². The van der Waals surface area contributed by atoms with Crippen LogP contribution in [0.25, 0.3) is 21.7 Å². The summed E-state index contributed by atoms with van der Waals surface area (Å²) in [7, 11) is 1.36. The molecular formula is C24H27F3N6O8S. The van der Waals surface area contributed by atoms with E-state index in [0.717, 1.165) is 19.1 Å². The first-order valence-corrected chi connectivity index (χ1v) is 13.5. The lowest BCUT2D eigenvalue weighted by molar-refractivity contribution is -0.208. The van der Waals surface area contributed by atoms with Gasteiger partial charge in [0.25, 0.3) is 0 Å². The highest BCUT2D eigenvalue weighted by Gasteiger charge is 2.51. The number of nitrogens with zero attached hydrogens (tertiary/aromatic N) is 6. The zero-order valence-corrected chi connectivity index (χ0v) is 23.4. The number of benzene rings is 1. The zero-order valence-electron chi connectivity index (χ0n) is 22.6. The van der Waals surface area contributed by atoms with Crippen molar-refractivity contribution in [1.82, 2.24) is 15.0 Å². The van der Waals surface area contributed by atoms with E-state index < -0.39 is 70.2 Å². The third-order valence-electron chi connectivity index (χ3n) is 6.49. The summed E-state index contributed by atoms with van der Waals surface area (Å²) in [6.45, 7) is 1.97. The summed E-state index contributed by atoms with van der Waals surface area (Å²) in [5.74, 6) is -5.82. The number of hydrogen-bond donors (Lipinski definition) is 1. The van der Waals surface area contributed by atoms with Gasteiger partial charge in [-0.2, -0.15) is 0 Å². The number of rotatable bonds is 9. The van der Waals surface area contributed by atoms with Gasteiger partial charge >= 0.3 is 11.9 Å². The summed E-state index contributed by atoms with van der Waals surface area (Å²) in [5, 5.41) is 21.6. The fourth-order valence-corrected chi connectivity index (χ4v) is 6.30. The number of halogens is 3. The summed E-state index contributed by atoms with van der Waals surface area (Å²) in [5.41, 5.74) is 6.01. The topological polar surface area (TPSA) is 180 Å². The molecule has 14 nitrogen and oxygen atoms in total. The molecule has 0 radical (unpaired) electrons. The van der Waals surface area contributed by atoms with Gasteiger partial charge < -0.3 is 28.8 Å². The van der Waals surface area contributed by atoms with Crippen LogP contribution in [0.5, 0.6) is 0 Å². The summed E-state index contributed by atoms with van der Waals surface area (Å²) < 4.78 is 70.8. The number of esters is 2. The number of ether oxygens (including phenoxy) is 5. The molecule has 42 heavy (non-hydrogen) atoms. The van der Waals surface area contributed by atoms with Crippen LogP contribution in [-0.4, -0.2) is 93.7 Å². The number of carbonyl (C=O) groups is 2. The molecule has 228 valence electrons. The van der Waals surface area contributed by atoms with Crippen molar-refractivity contribution in [3.63, 3.8) is 0 Å². The van der Waals surface area contributed by atoms with Crippen LogP contribution in [0, 0.1) is 17.5 Å². The average molecular weight is 617 g/mol. The van der Waals surface area contributed by atoms with E-state index in [1.807, 2.05) is 0 Å². The Morgan fingerprint density at radius 3 is 2.60 bits per heavy atom. The lowest BCUT2D eigenvalue weighted by atomic mass is 9.96. The Morgan fingerprint density at radius 2 is 1.98 bits per heavy atom. The van der Waals surface area contributed by atoms with Crippen molar-refractivity contribution in [3.05, 3.63) is 46.2 Å². The molecule has 0 amide bonds. The van der Waals surface area contributed by atoms with Gasteiger partial charge in [-0.3, -0.25) is 9.59 Å². The number of carbonyl (C=O) groups excluding carboxylic acids is 2. The Balaban J connectivity index is 1.72. The molecule has 0 spiro atoms. The average Bonchev–Trinajstić information content (AvgIpc) is 3.40. The Labute approximate surface area is 241 Å². The van der Waals surface area contributed by atoms with Crippen LogP contribution in [0.1, 0.15) is 26.3 Å². The molecule has 0 saturated carbocycles. The highest BCUT2D eigenvalue weighted by molar-refractivity contribution is 8.00. The second kappa shape index (κ2) is 13.3. The number of hydrogen-bond acceptors (Lipinski definition) is 12. The largest absolute Gasteiger partial charge is 0.463 e. The fraction of sp³-hybridized carbons (Fsp3) is 0.583. The van der Waals surface area contributed by atoms with E-state index in [2.05, 4.69) is 20.3 Å². The Morgan fingerprint density at radius 1 is 1.26 bits per heavy atom. The molecule has 2 aliphatic rings. The van der Waals surface area contributed by atoms with Gasteiger partial charge in [-0.25, -0.2) is 17.9 Å². The van der Waals surface area contributed by atoms with Gasteiger partial charge in [0.1, 0.15) is 36.0 Å². The number of aromatic nitrogens is 3. The summed E-state index contributed by atoms with van der Waals surface area (Å²) >= 11 is 1.17. The number of aliphatic hydroxyl groups is 1. The van der Waals surface area contributed by atoms with Gasteiger partial charge in [0.05, 0.1) is 19.4 Å². The second-order valence-electron chi connectivity index (χ2n) is 9.60. The molecule has 2 saturated heterocycles. The molecule has 1 aromatic heterocycles. The Bertz CT molecular complexity index is 1340. The second-order valence-corrected chi connectivity index (χ2v) is 11.0. The van der Waals surface area contributed by atoms with Crippen molar-refractivity contribution in [3.8, 4) is 11.3 Å². The summed E-state index contributed by atoms with van der Waals surface area (Å²) in [4.78, 5) is 26.5. The molecule has 1 aromatic carbocycles. The standard InChI is InChI=1S/C24H27F3N6O8S/c1-11(34)39-9-18-21(40-12(2)35)20(33-7-17(29-32-33)13-4-15(25)19(27)16(26)5-13)22(37-3)23(41-18)42-14-6-24(36,30-31-28)10-38-8-14/h4-5,7,14,18,20-23,36H,6,8-10H2,1-3H3. The molecule has 0 bridgehead atoms. The smallest absolute Gasteiger partial charge is 0.303 e. The van der Waals surface area contributed by atoms with E-state index in [9.17, 15) is 27.9 Å². The predicted molar refractivity (Wildman–Crippen MR) is 137 cm³/mol. The van der Waals surface area contributed by atoms with Crippen molar-refractivity contribution in [2.45, 2.75) is 61.0 Å². The first-order valence-electron chi connectivity index (χ1n) is 12.5. The predicted octanol–water partition coefficient (Wildman–Crippen LogP) is 2.66. The number of thioether (sulfide) groups is 1. The first-order chi connectivity index (χ1) is 19.9. The molecule has 3 heterocycles. The third-order valence-corrected chi connectivity index (χ3v) is 7.82. The van der Waals surface area contributed by atoms with Crippen molar-refractivity contribution >= 4 is 23.7 Å². The molecule has 7 unspecified atom stereocenters. The Kier molecular flexibility index (Phi) is 9.96. The number of azide groups is 1. The van der Waals surface area contributed by atoms with Gasteiger partial charge in [0, 0.05) is 36.7 Å². The van der Waals surface area contributed by atoms with Crippen molar-refractivity contribution in [2.75, 3.05) is 26.9 Å². The quantitative estimate of drug-likeness (QED) is 0.144. The molecule has 2 aromatic rings. The molecule has 2 aliphatic heterocycles. The van der Waals surface area contributed by atoms with E-state index in [1.165, 1.54) is 36.7 Å². The molecular weight excluding hydrogens is 589 g/mol. The van der Waals surface area contributed by atoms with Crippen LogP contribution in [0.3, 0.4) is 0 Å². The normalized spacial score (nSPS) is 29.4. The van der Waals surface area contributed by atoms with Gasteiger partial charge in [-0.1, -0.05) is 10.3 Å². The fourth-order valence-electron chi connectivity index (χ4n) is 4.75. The summed E-state index contributed by atoms with van der Waals surface area (Å²) in [6, 6.07) is 0.511. The molecule has 4 rings (SSSR count). The van der Waals surface area contributed by atoms with Crippen LogP contribution in [-0.2, 0) is 33.3 Å². The SMILES string of the molecule is COC1C(SC2COCC(O)(N=[N+]=[N-])C2)OC(COC(C)=O)C(OC(C)=O)C1n1cc(-c2cc(F)c(F)c(F)c2)nn1. The van der Waals surface area contributed by atoms with Crippen molar-refractivity contribution in [2.24, 2.45) is 5.11 Å². The maximum Gasteiger partial charge on any atom is 0.303 e. The monoisotopic (exact) mass is 616 g/mol. The lowest BCUT2D eigenvalue weighted by Gasteiger charge is -2.46. The van der Waals surface area contributed by atoms with Crippen molar-refractivity contribution in [1.29, 1.82) is 0 Å². The van der Waals surface area contributed by atoms with Gasteiger partial charge in [-0.15, -0.1) is 16.9 Å². The van der Waals surface area contributed by atoms with E-state index in [0.29, 0.717) is 0 Å². The highest BCUT2D eigenvalue weighted by Crippen LogP contribution is 2.42. The van der Waals surface area contributed by atoms with Gasteiger partial charge in [0.15, 0.2) is 29.3 Å². The van der Waals surface area contributed by atoms with Crippen LogP contribution >= 0.6 is 11.8 Å².